The highest BCUT2D eigenvalue weighted by Crippen LogP contribution is 2.27. The summed E-state index contributed by atoms with van der Waals surface area (Å²) < 4.78 is 0. The van der Waals surface area contributed by atoms with Crippen LogP contribution in [0.2, 0.25) is 0 Å². The fraction of sp³-hybridized carbons (Fsp3) is 0.385. The van der Waals surface area contributed by atoms with Gasteiger partial charge in [-0.1, -0.05) is 6.92 Å². The number of ketones is 2. The maximum absolute atomic E-state index is 11.9. The Morgan fingerprint density at radius 2 is 1.60 bits per heavy atom. The van der Waals surface area contributed by atoms with Crippen molar-refractivity contribution in [3.05, 3.63) is 34.4 Å². The largest absolute Gasteiger partial charge is 0.294 e. The molecule has 0 N–H and O–H groups in total. The Bertz CT molecular complexity index is 458. The van der Waals surface area contributed by atoms with Crippen LogP contribution in [0, 0.1) is 19.8 Å². The Labute approximate surface area is 89.3 Å². The molecule has 0 amide bonds. The van der Waals surface area contributed by atoms with Gasteiger partial charge in [-0.15, -0.1) is 0 Å². The Morgan fingerprint density at radius 1 is 1.07 bits per heavy atom. The molecule has 1 aromatic rings. The van der Waals surface area contributed by atoms with E-state index in [1.165, 1.54) is 0 Å². The van der Waals surface area contributed by atoms with Gasteiger partial charge in [0.25, 0.3) is 0 Å². The number of fused-ring (bicyclic) bond motifs is 1. The third-order valence-corrected chi connectivity index (χ3v) is 3.14. The molecule has 2 nitrogen and oxygen atoms in total. The van der Waals surface area contributed by atoms with Gasteiger partial charge in [0.2, 0.25) is 0 Å². The second kappa shape index (κ2) is 3.30. The first-order valence-electron chi connectivity index (χ1n) is 5.19. The normalized spacial score (nSPS) is 20.3. The fourth-order valence-electron chi connectivity index (χ4n) is 2.00. The molecular formula is C13H14O2. The van der Waals surface area contributed by atoms with E-state index in [-0.39, 0.29) is 17.5 Å². The van der Waals surface area contributed by atoms with Gasteiger partial charge in [0.15, 0.2) is 11.6 Å². The van der Waals surface area contributed by atoms with Gasteiger partial charge in [-0.3, -0.25) is 9.59 Å². The Morgan fingerprint density at radius 3 is 2.20 bits per heavy atom. The zero-order chi connectivity index (χ0) is 11.2. The lowest BCUT2D eigenvalue weighted by Gasteiger charge is -2.20. The molecule has 0 heterocycles. The third-order valence-electron chi connectivity index (χ3n) is 3.14. The summed E-state index contributed by atoms with van der Waals surface area (Å²) >= 11 is 0. The number of hydrogen-bond donors (Lipinski definition) is 0. The summed E-state index contributed by atoms with van der Waals surface area (Å²) in [6, 6.07) is 3.69. The summed E-state index contributed by atoms with van der Waals surface area (Å²) in [5.74, 6) is 0.0417. The van der Waals surface area contributed by atoms with Crippen LogP contribution in [0.3, 0.4) is 0 Å². The van der Waals surface area contributed by atoms with Crippen LogP contribution in [0.5, 0.6) is 0 Å². The van der Waals surface area contributed by atoms with E-state index in [9.17, 15) is 9.59 Å². The lowest BCUT2D eigenvalue weighted by atomic mass is 9.81. The maximum atomic E-state index is 11.9. The number of carbonyl (C=O) groups is 2. The molecular weight excluding hydrogens is 188 g/mol. The third kappa shape index (κ3) is 1.50. The van der Waals surface area contributed by atoms with Crippen LogP contribution in [0.15, 0.2) is 12.1 Å². The van der Waals surface area contributed by atoms with Crippen molar-refractivity contribution in [3.63, 3.8) is 0 Å². The van der Waals surface area contributed by atoms with Gasteiger partial charge in [-0.2, -0.15) is 0 Å². The van der Waals surface area contributed by atoms with Crippen LogP contribution in [0.4, 0.5) is 0 Å². The number of benzene rings is 1. The van der Waals surface area contributed by atoms with Crippen LogP contribution >= 0.6 is 0 Å². The van der Waals surface area contributed by atoms with Crippen LogP contribution in [-0.4, -0.2) is 11.6 Å². The molecule has 2 rings (SSSR count). The van der Waals surface area contributed by atoms with Gasteiger partial charge >= 0.3 is 0 Å². The van der Waals surface area contributed by atoms with E-state index >= 15 is 0 Å². The van der Waals surface area contributed by atoms with Crippen LogP contribution < -0.4 is 0 Å². The van der Waals surface area contributed by atoms with Gasteiger partial charge in [0.05, 0.1) is 0 Å². The summed E-state index contributed by atoms with van der Waals surface area (Å²) in [6.45, 7) is 5.75. The van der Waals surface area contributed by atoms with Crippen molar-refractivity contribution >= 4 is 11.6 Å². The molecule has 0 aliphatic heterocycles. The molecule has 0 radical (unpaired) electrons. The summed E-state index contributed by atoms with van der Waals surface area (Å²) in [6.07, 6.45) is 0.355. The maximum Gasteiger partial charge on any atom is 0.166 e. The predicted molar refractivity (Wildman–Crippen MR) is 58.4 cm³/mol. The molecule has 0 bridgehead atoms. The summed E-state index contributed by atoms with van der Waals surface area (Å²) in [5, 5.41) is 0. The number of Topliss-reactive ketones (excluding diaryl/α,β-unsaturated/α-hetero) is 2. The van der Waals surface area contributed by atoms with Gasteiger partial charge in [0, 0.05) is 23.5 Å². The molecule has 1 aliphatic carbocycles. The highest BCUT2D eigenvalue weighted by Gasteiger charge is 2.29. The highest BCUT2D eigenvalue weighted by atomic mass is 16.1. The van der Waals surface area contributed by atoms with Crippen molar-refractivity contribution in [2.45, 2.75) is 27.2 Å². The standard InChI is InChI=1S/C13H14O2/c1-7-4-10-11(5-8(7)2)13(15)9(3)6-12(10)14/h4-5,9H,6H2,1-3H3. The molecule has 0 fully saturated rings. The van der Waals surface area contributed by atoms with E-state index in [2.05, 4.69) is 0 Å². The second-order valence-corrected chi connectivity index (χ2v) is 4.37. The highest BCUT2D eigenvalue weighted by molar-refractivity contribution is 6.14. The molecule has 1 atom stereocenters. The monoisotopic (exact) mass is 202 g/mol. The number of hydrogen-bond acceptors (Lipinski definition) is 2. The summed E-state index contributed by atoms with van der Waals surface area (Å²) in [5.41, 5.74) is 3.37. The Balaban J connectivity index is 2.67. The molecule has 1 aliphatic rings. The van der Waals surface area contributed by atoms with Gasteiger partial charge in [-0.25, -0.2) is 0 Å². The molecule has 0 saturated carbocycles. The average Bonchev–Trinajstić information content (AvgIpc) is 2.18. The topological polar surface area (TPSA) is 34.1 Å². The number of aryl methyl sites for hydroxylation is 2. The molecule has 1 aromatic carbocycles. The summed E-state index contributed by atoms with van der Waals surface area (Å²) in [7, 11) is 0. The van der Waals surface area contributed by atoms with Crippen molar-refractivity contribution < 1.29 is 9.59 Å². The van der Waals surface area contributed by atoms with Crippen molar-refractivity contribution in [2.75, 3.05) is 0 Å². The lowest BCUT2D eigenvalue weighted by Crippen LogP contribution is -2.25. The predicted octanol–water partition coefficient (Wildman–Crippen LogP) is 2.71. The molecule has 0 aromatic heterocycles. The average molecular weight is 202 g/mol. The number of rotatable bonds is 0. The minimum absolute atomic E-state index is 0.0974. The van der Waals surface area contributed by atoms with E-state index < -0.39 is 0 Å². The van der Waals surface area contributed by atoms with E-state index in [0.29, 0.717) is 17.5 Å². The lowest BCUT2D eigenvalue weighted by molar-refractivity contribution is 0.0834. The first kappa shape index (κ1) is 10.1. The van der Waals surface area contributed by atoms with Crippen LogP contribution in [-0.2, 0) is 0 Å². The molecule has 15 heavy (non-hydrogen) atoms. The van der Waals surface area contributed by atoms with Crippen molar-refractivity contribution in [1.29, 1.82) is 0 Å². The first-order chi connectivity index (χ1) is 7.00. The molecule has 1 unspecified atom stereocenters. The number of carbonyl (C=O) groups excluding carboxylic acids is 2. The molecule has 0 spiro atoms. The molecule has 0 saturated heterocycles. The van der Waals surface area contributed by atoms with Crippen molar-refractivity contribution in [3.8, 4) is 0 Å². The SMILES string of the molecule is Cc1cc2c(cc1C)C(=O)C(C)CC2=O. The van der Waals surface area contributed by atoms with Gasteiger partial charge < -0.3 is 0 Å². The fourth-order valence-corrected chi connectivity index (χ4v) is 2.00. The van der Waals surface area contributed by atoms with Crippen LogP contribution in [0.1, 0.15) is 45.2 Å². The van der Waals surface area contributed by atoms with E-state index in [4.69, 9.17) is 0 Å². The minimum Gasteiger partial charge on any atom is -0.294 e. The quantitative estimate of drug-likeness (QED) is 0.648. The van der Waals surface area contributed by atoms with Crippen molar-refractivity contribution in [2.24, 2.45) is 5.92 Å². The van der Waals surface area contributed by atoms with Gasteiger partial charge in [-0.05, 0) is 37.1 Å². The Hall–Kier alpha value is -1.44. The van der Waals surface area contributed by atoms with E-state index in [0.717, 1.165) is 11.1 Å². The van der Waals surface area contributed by atoms with E-state index in [1.807, 2.05) is 32.9 Å². The van der Waals surface area contributed by atoms with E-state index in [1.54, 1.807) is 0 Å². The zero-order valence-corrected chi connectivity index (χ0v) is 9.26. The minimum atomic E-state index is -0.160. The molecule has 2 heteroatoms. The zero-order valence-electron chi connectivity index (χ0n) is 9.26. The summed E-state index contributed by atoms with van der Waals surface area (Å²) in [4.78, 5) is 23.6. The second-order valence-electron chi connectivity index (χ2n) is 4.37. The smallest absolute Gasteiger partial charge is 0.166 e. The van der Waals surface area contributed by atoms with Gasteiger partial charge in [0.1, 0.15) is 0 Å². The Kier molecular flexibility index (Phi) is 2.22. The first-order valence-corrected chi connectivity index (χ1v) is 5.19. The molecule has 78 valence electrons. The van der Waals surface area contributed by atoms with Crippen molar-refractivity contribution in [1.82, 2.24) is 0 Å². The van der Waals surface area contributed by atoms with Crippen LogP contribution in [0.25, 0.3) is 0 Å².